The van der Waals surface area contributed by atoms with Crippen molar-refractivity contribution in [1.82, 2.24) is 9.78 Å². The minimum atomic E-state index is -0.183. The molecule has 1 amide bonds. The van der Waals surface area contributed by atoms with Gasteiger partial charge in [0.25, 0.3) is 0 Å². The maximum Gasteiger partial charge on any atom is 0.226 e. The second kappa shape index (κ2) is 8.23. The first-order chi connectivity index (χ1) is 15.7. The van der Waals surface area contributed by atoms with Gasteiger partial charge in [-0.15, -0.1) is 0 Å². The van der Waals surface area contributed by atoms with Gasteiger partial charge in [-0.1, -0.05) is 48.5 Å². The molecular weight excluding hydrogens is 402 g/mol. The van der Waals surface area contributed by atoms with Crippen molar-refractivity contribution in [3.63, 3.8) is 0 Å². The topological polar surface area (TPSA) is 65.4 Å². The number of amides is 1. The van der Waals surface area contributed by atoms with Crippen molar-refractivity contribution in [3.05, 3.63) is 90.0 Å². The zero-order valence-corrected chi connectivity index (χ0v) is 17.9. The summed E-state index contributed by atoms with van der Waals surface area (Å²) in [6.45, 7) is 0. The van der Waals surface area contributed by atoms with E-state index in [1.807, 2.05) is 78.9 Å². The van der Waals surface area contributed by atoms with Crippen molar-refractivity contribution in [1.29, 1.82) is 0 Å². The number of anilines is 1. The Balaban J connectivity index is 1.76. The van der Waals surface area contributed by atoms with E-state index in [9.17, 15) is 4.79 Å². The molecule has 4 aromatic rings. The number of fused-ring (bicyclic) bond motifs is 1. The molecular formula is C26H23N3O3. The zero-order valence-electron chi connectivity index (χ0n) is 17.9. The molecule has 2 heterocycles. The predicted octanol–water partition coefficient (Wildman–Crippen LogP) is 5.03. The van der Waals surface area contributed by atoms with Crippen LogP contribution >= 0.6 is 0 Å². The highest BCUT2D eigenvalue weighted by atomic mass is 16.5. The highest BCUT2D eigenvalue weighted by molar-refractivity contribution is 5.96. The molecule has 0 saturated heterocycles. The minimum Gasteiger partial charge on any atom is -0.497 e. The largest absolute Gasteiger partial charge is 0.497 e. The number of para-hydroxylation sites is 1. The molecule has 3 aromatic carbocycles. The van der Waals surface area contributed by atoms with Crippen molar-refractivity contribution >= 4 is 11.7 Å². The maximum atomic E-state index is 12.8. The Labute approximate surface area is 186 Å². The second-order valence-electron chi connectivity index (χ2n) is 7.63. The van der Waals surface area contributed by atoms with Crippen LogP contribution in [0.15, 0.2) is 78.9 Å². The summed E-state index contributed by atoms with van der Waals surface area (Å²) in [5.41, 5.74) is 4.62. The Morgan fingerprint density at radius 2 is 1.62 bits per heavy atom. The lowest BCUT2D eigenvalue weighted by molar-refractivity contribution is -0.116. The van der Waals surface area contributed by atoms with Gasteiger partial charge in [0.05, 0.1) is 25.6 Å². The molecule has 1 aliphatic rings. The second-order valence-corrected chi connectivity index (χ2v) is 7.63. The third-order valence-electron chi connectivity index (χ3n) is 5.80. The molecule has 6 nitrogen and oxygen atoms in total. The molecule has 1 aliphatic heterocycles. The van der Waals surface area contributed by atoms with Crippen molar-refractivity contribution in [2.45, 2.75) is 12.3 Å². The molecule has 0 fully saturated rings. The van der Waals surface area contributed by atoms with Crippen LogP contribution in [0.5, 0.6) is 11.5 Å². The Morgan fingerprint density at radius 3 is 2.34 bits per heavy atom. The van der Waals surface area contributed by atoms with Crippen LogP contribution < -0.4 is 14.8 Å². The molecule has 1 aromatic heterocycles. The van der Waals surface area contributed by atoms with E-state index in [0.29, 0.717) is 12.2 Å². The van der Waals surface area contributed by atoms with Crippen molar-refractivity contribution < 1.29 is 14.3 Å². The summed E-state index contributed by atoms with van der Waals surface area (Å²) in [7, 11) is 3.29. The van der Waals surface area contributed by atoms with E-state index < -0.39 is 0 Å². The van der Waals surface area contributed by atoms with Gasteiger partial charge in [-0.05, 0) is 30.3 Å². The van der Waals surface area contributed by atoms with Crippen LogP contribution in [-0.2, 0) is 4.79 Å². The maximum absolute atomic E-state index is 12.8. The number of methoxy groups -OCH3 is 2. The average molecular weight is 425 g/mol. The van der Waals surface area contributed by atoms with Gasteiger partial charge < -0.3 is 14.8 Å². The van der Waals surface area contributed by atoms with Gasteiger partial charge in [-0.3, -0.25) is 4.79 Å². The molecule has 1 atom stereocenters. The number of benzene rings is 3. The summed E-state index contributed by atoms with van der Waals surface area (Å²) in [4.78, 5) is 12.8. The summed E-state index contributed by atoms with van der Waals surface area (Å²) in [5, 5.41) is 8.05. The van der Waals surface area contributed by atoms with Crippen LogP contribution in [0.4, 0.5) is 5.82 Å². The van der Waals surface area contributed by atoms with Gasteiger partial charge >= 0.3 is 0 Å². The minimum absolute atomic E-state index is 0.0531. The fourth-order valence-electron chi connectivity index (χ4n) is 4.29. The summed E-state index contributed by atoms with van der Waals surface area (Å²) in [5.74, 6) is 1.96. The van der Waals surface area contributed by atoms with E-state index in [1.165, 1.54) is 0 Å². The summed E-state index contributed by atoms with van der Waals surface area (Å²) >= 11 is 0. The van der Waals surface area contributed by atoms with Crippen LogP contribution in [0, 0.1) is 0 Å². The van der Waals surface area contributed by atoms with Crippen LogP contribution in [0.25, 0.3) is 16.9 Å². The molecule has 6 heteroatoms. The van der Waals surface area contributed by atoms with E-state index in [0.717, 1.165) is 39.6 Å². The SMILES string of the molecule is COc1ccc(-n2nc(-c3ccccc3)c3c2NC(=O)C[C@H]3c2ccccc2OC)cc1. The smallest absolute Gasteiger partial charge is 0.226 e. The van der Waals surface area contributed by atoms with E-state index in [-0.39, 0.29) is 11.8 Å². The number of hydrogen-bond donors (Lipinski definition) is 1. The zero-order chi connectivity index (χ0) is 22.1. The lowest BCUT2D eigenvalue weighted by Crippen LogP contribution is -2.25. The van der Waals surface area contributed by atoms with Crippen LogP contribution in [0.3, 0.4) is 0 Å². The van der Waals surface area contributed by atoms with Crippen molar-refractivity contribution in [2.24, 2.45) is 0 Å². The normalized spacial score (nSPS) is 15.1. The highest BCUT2D eigenvalue weighted by Crippen LogP contribution is 2.46. The Morgan fingerprint density at radius 1 is 0.906 bits per heavy atom. The molecule has 0 unspecified atom stereocenters. The first-order valence-electron chi connectivity index (χ1n) is 10.4. The quantitative estimate of drug-likeness (QED) is 0.487. The summed E-state index contributed by atoms with van der Waals surface area (Å²) in [6, 6.07) is 25.5. The average Bonchev–Trinajstić information content (AvgIpc) is 3.23. The summed E-state index contributed by atoms with van der Waals surface area (Å²) < 4.78 is 12.7. The predicted molar refractivity (Wildman–Crippen MR) is 124 cm³/mol. The number of ether oxygens (including phenoxy) is 2. The van der Waals surface area contributed by atoms with Crippen LogP contribution in [-0.4, -0.2) is 29.9 Å². The molecule has 0 aliphatic carbocycles. The number of carbonyl (C=O) groups is 1. The first kappa shape index (κ1) is 19.9. The number of nitrogens with zero attached hydrogens (tertiary/aromatic N) is 2. The third-order valence-corrected chi connectivity index (χ3v) is 5.80. The fraction of sp³-hybridized carbons (Fsp3) is 0.154. The molecule has 160 valence electrons. The van der Waals surface area contributed by atoms with Crippen molar-refractivity contribution in [3.8, 4) is 28.4 Å². The molecule has 0 spiro atoms. The fourth-order valence-corrected chi connectivity index (χ4v) is 4.29. The number of hydrogen-bond acceptors (Lipinski definition) is 4. The van der Waals surface area contributed by atoms with Crippen molar-refractivity contribution in [2.75, 3.05) is 19.5 Å². The van der Waals surface area contributed by atoms with Crippen LogP contribution in [0.2, 0.25) is 0 Å². The third kappa shape index (κ3) is 3.39. The lowest BCUT2D eigenvalue weighted by atomic mass is 9.84. The molecule has 0 saturated carbocycles. The van der Waals surface area contributed by atoms with E-state index >= 15 is 0 Å². The van der Waals surface area contributed by atoms with Crippen LogP contribution in [0.1, 0.15) is 23.5 Å². The Hall–Kier alpha value is -4.06. The highest BCUT2D eigenvalue weighted by Gasteiger charge is 2.35. The lowest BCUT2D eigenvalue weighted by Gasteiger charge is -2.26. The molecule has 32 heavy (non-hydrogen) atoms. The van der Waals surface area contributed by atoms with Gasteiger partial charge in [0.1, 0.15) is 17.3 Å². The van der Waals surface area contributed by atoms with Gasteiger partial charge in [0.15, 0.2) is 0 Å². The molecule has 0 radical (unpaired) electrons. The number of carbonyl (C=O) groups excluding carboxylic acids is 1. The number of rotatable bonds is 5. The van der Waals surface area contributed by atoms with Gasteiger partial charge in [-0.25, -0.2) is 4.68 Å². The molecule has 5 rings (SSSR count). The van der Waals surface area contributed by atoms with E-state index in [4.69, 9.17) is 14.6 Å². The van der Waals surface area contributed by atoms with Gasteiger partial charge in [-0.2, -0.15) is 5.10 Å². The Bertz CT molecular complexity index is 1260. The standard InChI is InChI=1S/C26H23N3O3/c1-31-19-14-12-18(13-15-19)29-26-24(25(28-29)17-8-4-3-5-9-17)21(16-23(30)27-26)20-10-6-7-11-22(20)32-2/h3-15,21H,16H2,1-2H3,(H,27,30)/t21-/m0/s1. The number of nitrogens with one attached hydrogen (secondary N) is 1. The first-order valence-corrected chi connectivity index (χ1v) is 10.4. The van der Waals surface area contributed by atoms with Gasteiger partial charge in [0, 0.05) is 29.0 Å². The molecule has 1 N–H and O–H groups in total. The number of aromatic nitrogens is 2. The summed E-state index contributed by atoms with van der Waals surface area (Å²) in [6.07, 6.45) is 0.321. The molecule has 0 bridgehead atoms. The van der Waals surface area contributed by atoms with E-state index in [1.54, 1.807) is 18.9 Å². The Kier molecular flexibility index (Phi) is 5.11. The van der Waals surface area contributed by atoms with Gasteiger partial charge in [0.2, 0.25) is 5.91 Å². The monoisotopic (exact) mass is 425 g/mol. The van der Waals surface area contributed by atoms with E-state index in [2.05, 4.69) is 5.32 Å².